The number of amides is 2. The van der Waals surface area contributed by atoms with Gasteiger partial charge in [0.2, 0.25) is 17.7 Å². The Hall–Kier alpha value is -5.10. The van der Waals surface area contributed by atoms with Gasteiger partial charge in [0, 0.05) is 67.7 Å². The van der Waals surface area contributed by atoms with Crippen LogP contribution in [0.4, 0.5) is 5.69 Å². The molecule has 0 radical (unpaired) electrons. The molecule has 3 aromatic heterocycles. The van der Waals surface area contributed by atoms with Gasteiger partial charge < -0.3 is 14.5 Å². The van der Waals surface area contributed by atoms with Crippen molar-refractivity contribution in [2.45, 2.75) is 51.6 Å². The number of nitrogens with one attached hydrogen (secondary N) is 1. The van der Waals surface area contributed by atoms with Gasteiger partial charge in [-0.2, -0.15) is 10.2 Å². The van der Waals surface area contributed by atoms with Crippen LogP contribution in [0.2, 0.25) is 0 Å². The number of anilines is 1. The molecule has 8 rings (SSSR count). The summed E-state index contributed by atoms with van der Waals surface area (Å²) >= 11 is 0. The molecule has 3 aliphatic rings. The number of aryl methyl sites for hydroxylation is 1. The molecule has 12 heteroatoms. The Morgan fingerprint density at radius 3 is 2.48 bits per heavy atom. The van der Waals surface area contributed by atoms with Gasteiger partial charge in [0.1, 0.15) is 12.0 Å². The number of aromatic amines is 1. The summed E-state index contributed by atoms with van der Waals surface area (Å²) in [5, 5.41) is 13.0. The van der Waals surface area contributed by atoms with Crippen molar-refractivity contribution in [1.82, 2.24) is 39.7 Å². The van der Waals surface area contributed by atoms with Crippen molar-refractivity contribution in [3.63, 3.8) is 0 Å². The summed E-state index contributed by atoms with van der Waals surface area (Å²) in [6, 6.07) is 18.4. The molecule has 1 atom stereocenters. The SMILES string of the molecule is CC(C)Oc1ccc(-c2n[nH]c3ccc(N4CCC5(CCN(CC(=O)N6CCC(c7ccc(-c8ncn(C)n8)cc7)CC6)C5)C4=O)cc23)cn1. The molecule has 2 amide bonds. The average molecular weight is 674 g/mol. The Bertz CT molecular complexity index is 2010. The molecular formula is C38H43N9O3. The number of likely N-dealkylation sites (tertiary alicyclic amines) is 2. The zero-order valence-corrected chi connectivity index (χ0v) is 28.9. The van der Waals surface area contributed by atoms with Crippen molar-refractivity contribution in [2.75, 3.05) is 44.2 Å². The van der Waals surface area contributed by atoms with Crippen LogP contribution < -0.4 is 9.64 Å². The van der Waals surface area contributed by atoms with Crippen LogP contribution in [0.5, 0.6) is 5.88 Å². The maximum absolute atomic E-state index is 14.0. The van der Waals surface area contributed by atoms with Gasteiger partial charge in [0.25, 0.3) is 0 Å². The fourth-order valence-electron chi connectivity index (χ4n) is 7.89. The summed E-state index contributed by atoms with van der Waals surface area (Å²) in [6.07, 6.45) is 6.98. The number of benzene rings is 2. The first-order valence-electron chi connectivity index (χ1n) is 17.6. The molecule has 5 aromatic rings. The van der Waals surface area contributed by atoms with E-state index in [0.717, 1.165) is 84.6 Å². The molecule has 2 aromatic carbocycles. The summed E-state index contributed by atoms with van der Waals surface area (Å²) in [5.41, 5.74) is 5.30. The Morgan fingerprint density at radius 2 is 1.76 bits per heavy atom. The zero-order chi connectivity index (χ0) is 34.4. The minimum absolute atomic E-state index is 0.0474. The number of carbonyl (C=O) groups is 2. The molecular weight excluding hydrogens is 630 g/mol. The highest BCUT2D eigenvalue weighted by atomic mass is 16.5. The van der Waals surface area contributed by atoms with Crippen molar-refractivity contribution < 1.29 is 14.3 Å². The molecule has 1 unspecified atom stereocenters. The van der Waals surface area contributed by atoms with Gasteiger partial charge in [-0.3, -0.25) is 24.3 Å². The second-order valence-corrected chi connectivity index (χ2v) is 14.3. The summed E-state index contributed by atoms with van der Waals surface area (Å²) in [4.78, 5) is 42.4. The predicted molar refractivity (Wildman–Crippen MR) is 191 cm³/mol. The Morgan fingerprint density at radius 1 is 0.980 bits per heavy atom. The van der Waals surface area contributed by atoms with Gasteiger partial charge in [-0.1, -0.05) is 24.3 Å². The molecule has 6 heterocycles. The number of H-pyrrole nitrogens is 1. The third-order valence-corrected chi connectivity index (χ3v) is 10.6. The van der Waals surface area contributed by atoms with Gasteiger partial charge >= 0.3 is 0 Å². The van der Waals surface area contributed by atoms with Crippen molar-refractivity contribution in [1.29, 1.82) is 0 Å². The summed E-state index contributed by atoms with van der Waals surface area (Å²) < 4.78 is 7.41. The molecule has 0 saturated carbocycles. The maximum atomic E-state index is 14.0. The summed E-state index contributed by atoms with van der Waals surface area (Å²) in [6.45, 7) is 7.86. The van der Waals surface area contributed by atoms with E-state index in [-0.39, 0.29) is 17.9 Å². The molecule has 50 heavy (non-hydrogen) atoms. The maximum Gasteiger partial charge on any atom is 0.236 e. The highest BCUT2D eigenvalue weighted by Crippen LogP contribution is 2.43. The van der Waals surface area contributed by atoms with E-state index in [2.05, 4.69) is 60.5 Å². The number of aromatic nitrogens is 6. The fourth-order valence-corrected chi connectivity index (χ4v) is 7.89. The molecule has 258 valence electrons. The van der Waals surface area contributed by atoms with Gasteiger partial charge in [-0.15, -0.1) is 0 Å². The van der Waals surface area contributed by atoms with E-state index in [1.807, 2.05) is 55.0 Å². The van der Waals surface area contributed by atoms with Crippen LogP contribution in [0, 0.1) is 5.41 Å². The molecule has 12 nitrogen and oxygen atoms in total. The zero-order valence-electron chi connectivity index (χ0n) is 28.9. The van der Waals surface area contributed by atoms with Crippen LogP contribution >= 0.6 is 0 Å². The Balaban J connectivity index is 0.871. The number of piperidine rings is 1. The number of carbonyl (C=O) groups excluding carboxylic acids is 2. The van der Waals surface area contributed by atoms with E-state index in [4.69, 9.17) is 4.74 Å². The molecule has 1 spiro atoms. The van der Waals surface area contributed by atoms with Crippen LogP contribution in [0.1, 0.15) is 51.0 Å². The van der Waals surface area contributed by atoms with E-state index in [1.54, 1.807) is 17.2 Å². The first kappa shape index (κ1) is 32.1. The lowest BCUT2D eigenvalue weighted by Gasteiger charge is -2.33. The minimum Gasteiger partial charge on any atom is -0.475 e. The lowest BCUT2D eigenvalue weighted by atomic mass is 9.85. The Labute approximate surface area is 291 Å². The van der Waals surface area contributed by atoms with Crippen LogP contribution in [-0.4, -0.2) is 96.9 Å². The van der Waals surface area contributed by atoms with Crippen molar-refractivity contribution >= 4 is 28.4 Å². The van der Waals surface area contributed by atoms with Crippen molar-refractivity contribution in [3.05, 3.63) is 72.7 Å². The van der Waals surface area contributed by atoms with Gasteiger partial charge in [-0.05, 0) is 81.8 Å². The molecule has 0 bridgehead atoms. The molecule has 0 aliphatic carbocycles. The largest absolute Gasteiger partial charge is 0.475 e. The molecule has 1 N–H and O–H groups in total. The number of pyridine rings is 1. The molecule has 3 fully saturated rings. The average Bonchev–Trinajstić information content (AvgIpc) is 3.92. The molecule has 3 saturated heterocycles. The van der Waals surface area contributed by atoms with E-state index >= 15 is 0 Å². The topological polar surface area (TPSA) is 125 Å². The highest BCUT2D eigenvalue weighted by molar-refractivity contribution is 6.03. The number of rotatable bonds is 8. The van der Waals surface area contributed by atoms with Crippen LogP contribution in [0.3, 0.4) is 0 Å². The van der Waals surface area contributed by atoms with Gasteiger partial charge in [0.05, 0.1) is 23.6 Å². The number of nitrogens with zero attached hydrogens (tertiary/aromatic N) is 8. The lowest BCUT2D eigenvalue weighted by Crippen LogP contribution is -2.44. The third kappa shape index (κ3) is 6.12. The second-order valence-electron chi connectivity index (χ2n) is 14.3. The number of fused-ring (bicyclic) bond motifs is 1. The van der Waals surface area contributed by atoms with Crippen LogP contribution in [-0.2, 0) is 16.6 Å². The smallest absolute Gasteiger partial charge is 0.236 e. The van der Waals surface area contributed by atoms with Crippen LogP contribution in [0.15, 0.2) is 67.1 Å². The number of hydrogen-bond acceptors (Lipinski definition) is 8. The van der Waals surface area contributed by atoms with Crippen molar-refractivity contribution in [3.8, 4) is 28.5 Å². The number of ether oxygens (including phenoxy) is 1. The lowest BCUT2D eigenvalue weighted by molar-refractivity contribution is -0.133. The first-order chi connectivity index (χ1) is 24.2. The quantitative estimate of drug-likeness (QED) is 0.243. The van der Waals surface area contributed by atoms with E-state index in [9.17, 15) is 9.59 Å². The van der Waals surface area contributed by atoms with Gasteiger partial charge in [0.15, 0.2) is 5.82 Å². The standard InChI is InChI=1S/C38H43N9O3/c1-25(2)50-33-11-8-29(21-39-33)35-31-20-30(9-10-32(31)41-42-35)47-19-15-38(37(47)49)14-18-45(23-38)22-34(48)46-16-12-27(13-17-46)26-4-6-28(7-5-26)36-40-24-44(3)43-36/h4-11,20-21,24-25,27H,12-19,22-23H2,1-3H3,(H,41,42). The predicted octanol–water partition coefficient (Wildman–Crippen LogP) is 5.04. The fraction of sp³-hybridized carbons (Fsp3) is 0.421. The van der Waals surface area contributed by atoms with Gasteiger partial charge in [-0.25, -0.2) is 9.97 Å². The summed E-state index contributed by atoms with van der Waals surface area (Å²) in [7, 11) is 1.87. The Kier molecular flexibility index (Phi) is 8.34. The van der Waals surface area contributed by atoms with Crippen molar-refractivity contribution in [2.24, 2.45) is 12.5 Å². The summed E-state index contributed by atoms with van der Waals surface area (Å²) in [5.74, 6) is 2.05. The monoisotopic (exact) mass is 673 g/mol. The number of hydrogen-bond donors (Lipinski definition) is 1. The first-order valence-corrected chi connectivity index (χ1v) is 17.6. The van der Waals surface area contributed by atoms with E-state index < -0.39 is 5.41 Å². The normalized spacial score (nSPS) is 20.2. The van der Waals surface area contributed by atoms with E-state index in [1.165, 1.54) is 5.56 Å². The second kappa shape index (κ2) is 13.0. The molecule has 3 aliphatic heterocycles. The van der Waals surface area contributed by atoms with E-state index in [0.29, 0.717) is 31.4 Å². The third-order valence-electron chi connectivity index (χ3n) is 10.6. The highest BCUT2D eigenvalue weighted by Gasteiger charge is 2.51. The minimum atomic E-state index is -0.450. The van der Waals surface area contributed by atoms with Crippen LogP contribution in [0.25, 0.3) is 33.5 Å².